The zero-order valence-corrected chi connectivity index (χ0v) is 12.1. The molecule has 0 radical (unpaired) electrons. The third-order valence-electron chi connectivity index (χ3n) is 3.19. The van der Waals surface area contributed by atoms with E-state index in [4.69, 9.17) is 0 Å². The number of pyridine rings is 1. The van der Waals surface area contributed by atoms with Gasteiger partial charge in [0.15, 0.2) is 0 Å². The monoisotopic (exact) mass is 281 g/mol. The Balaban J connectivity index is 0.00000147. The highest BCUT2D eigenvalue weighted by Gasteiger charge is 1.96. The highest BCUT2D eigenvalue weighted by Crippen LogP contribution is 2.20. The maximum atomic E-state index is 4.39. The van der Waals surface area contributed by atoms with Crippen LogP contribution in [0.2, 0.25) is 0 Å². The number of aryl methyl sites for hydroxylation is 1. The minimum Gasteiger partial charge on any atom is -0.257 e. The van der Waals surface area contributed by atoms with Gasteiger partial charge in [0.1, 0.15) is 0 Å². The van der Waals surface area contributed by atoms with Gasteiger partial charge in [-0.3, -0.25) is 4.98 Å². The van der Waals surface area contributed by atoms with E-state index in [0.29, 0.717) is 0 Å². The number of aromatic nitrogens is 1. The van der Waals surface area contributed by atoms with Crippen molar-refractivity contribution >= 4 is 35.3 Å². The lowest BCUT2D eigenvalue weighted by Crippen LogP contribution is -1.81. The SMILES string of the molecule is Cc1ccc(/C=C\c2cccc3ccccc23)nc1.Cl. The van der Waals surface area contributed by atoms with Crippen LogP contribution >= 0.6 is 12.4 Å². The lowest BCUT2D eigenvalue weighted by atomic mass is 10.0. The van der Waals surface area contributed by atoms with Gasteiger partial charge in [-0.25, -0.2) is 0 Å². The number of nitrogens with zero attached hydrogens (tertiary/aromatic N) is 1. The van der Waals surface area contributed by atoms with Crippen molar-refractivity contribution in [2.75, 3.05) is 0 Å². The molecule has 0 bridgehead atoms. The molecule has 2 aromatic carbocycles. The highest BCUT2D eigenvalue weighted by molar-refractivity contribution is 5.92. The summed E-state index contributed by atoms with van der Waals surface area (Å²) in [5, 5.41) is 2.54. The number of rotatable bonds is 2. The Labute approximate surface area is 125 Å². The first-order chi connectivity index (χ1) is 9.33. The first kappa shape index (κ1) is 14.3. The van der Waals surface area contributed by atoms with Gasteiger partial charge in [-0.1, -0.05) is 54.6 Å². The minimum atomic E-state index is 0. The number of fused-ring (bicyclic) bond motifs is 1. The minimum absolute atomic E-state index is 0. The van der Waals surface area contributed by atoms with Crippen molar-refractivity contribution in [3.8, 4) is 0 Å². The maximum Gasteiger partial charge on any atom is 0.0630 e. The first-order valence-corrected chi connectivity index (χ1v) is 6.41. The second-order valence-corrected chi connectivity index (χ2v) is 4.66. The van der Waals surface area contributed by atoms with Crippen LogP contribution < -0.4 is 0 Å². The quantitative estimate of drug-likeness (QED) is 0.634. The molecule has 0 spiro atoms. The van der Waals surface area contributed by atoms with E-state index in [1.165, 1.54) is 21.9 Å². The van der Waals surface area contributed by atoms with Crippen LogP contribution in [0.1, 0.15) is 16.8 Å². The van der Waals surface area contributed by atoms with Crippen LogP contribution in [0, 0.1) is 6.92 Å². The molecule has 0 atom stereocenters. The molecule has 0 saturated heterocycles. The average Bonchev–Trinajstić information content (AvgIpc) is 2.47. The molecule has 1 nitrogen and oxygen atoms in total. The van der Waals surface area contributed by atoms with Gasteiger partial charge in [0.2, 0.25) is 0 Å². The summed E-state index contributed by atoms with van der Waals surface area (Å²) in [5.41, 5.74) is 3.39. The molecule has 0 unspecified atom stereocenters. The van der Waals surface area contributed by atoms with E-state index < -0.39 is 0 Å². The first-order valence-electron chi connectivity index (χ1n) is 6.41. The fraction of sp³-hybridized carbons (Fsp3) is 0.0556. The molecule has 1 aromatic heterocycles. The number of hydrogen-bond acceptors (Lipinski definition) is 1. The molecule has 0 aliphatic heterocycles. The van der Waals surface area contributed by atoms with Crippen molar-refractivity contribution in [3.05, 3.63) is 77.6 Å². The van der Waals surface area contributed by atoms with E-state index in [1.807, 2.05) is 19.2 Å². The van der Waals surface area contributed by atoms with Crippen molar-refractivity contribution in [2.24, 2.45) is 0 Å². The molecule has 2 heteroatoms. The van der Waals surface area contributed by atoms with Crippen molar-refractivity contribution in [3.63, 3.8) is 0 Å². The maximum absolute atomic E-state index is 4.39. The van der Waals surface area contributed by atoms with E-state index in [0.717, 1.165) is 5.69 Å². The van der Waals surface area contributed by atoms with E-state index >= 15 is 0 Å². The third kappa shape index (κ3) is 3.06. The van der Waals surface area contributed by atoms with E-state index in [-0.39, 0.29) is 12.4 Å². The summed E-state index contributed by atoms with van der Waals surface area (Å²) in [6.07, 6.45) is 6.07. The largest absolute Gasteiger partial charge is 0.257 e. The Morgan fingerprint density at radius 2 is 1.65 bits per heavy atom. The highest BCUT2D eigenvalue weighted by atomic mass is 35.5. The molecule has 0 N–H and O–H groups in total. The van der Waals surface area contributed by atoms with Crippen LogP contribution in [-0.2, 0) is 0 Å². The van der Waals surface area contributed by atoms with Gasteiger partial charge in [0, 0.05) is 6.20 Å². The summed E-state index contributed by atoms with van der Waals surface area (Å²) in [7, 11) is 0. The van der Waals surface area contributed by atoms with Crippen molar-refractivity contribution in [1.82, 2.24) is 4.98 Å². The van der Waals surface area contributed by atoms with Crippen LogP contribution in [0.15, 0.2) is 60.8 Å². The molecule has 1 heterocycles. The normalized spacial score (nSPS) is 10.7. The van der Waals surface area contributed by atoms with Crippen LogP contribution in [0.4, 0.5) is 0 Å². The lowest BCUT2D eigenvalue weighted by molar-refractivity contribution is 1.25. The summed E-state index contributed by atoms with van der Waals surface area (Å²) < 4.78 is 0. The van der Waals surface area contributed by atoms with E-state index in [1.54, 1.807) is 0 Å². The average molecular weight is 282 g/mol. The summed E-state index contributed by atoms with van der Waals surface area (Å²) in [4.78, 5) is 4.39. The standard InChI is InChI=1S/C18H15N.ClH/c1-14-9-11-17(19-13-14)12-10-16-7-4-6-15-5-2-3-8-18(15)16;/h2-13H,1H3;1H/b12-10-;. The molecule has 20 heavy (non-hydrogen) atoms. The number of hydrogen-bond donors (Lipinski definition) is 0. The molecule has 3 aromatic rings. The Bertz CT molecular complexity index is 724. The molecular formula is C18H16ClN. The van der Waals surface area contributed by atoms with E-state index in [9.17, 15) is 0 Å². The fourth-order valence-electron chi connectivity index (χ4n) is 2.15. The second kappa shape index (κ2) is 6.36. The summed E-state index contributed by atoms with van der Waals surface area (Å²) in [6, 6.07) is 18.9. The molecule has 0 fully saturated rings. The van der Waals surface area contributed by atoms with Gasteiger partial charge < -0.3 is 0 Å². The third-order valence-corrected chi connectivity index (χ3v) is 3.19. The van der Waals surface area contributed by atoms with Crippen LogP contribution in [0.25, 0.3) is 22.9 Å². The molecule has 0 amide bonds. The van der Waals surface area contributed by atoms with Gasteiger partial charge in [0.05, 0.1) is 5.69 Å². The van der Waals surface area contributed by atoms with Crippen LogP contribution in [-0.4, -0.2) is 4.98 Å². The summed E-state index contributed by atoms with van der Waals surface area (Å²) in [5.74, 6) is 0. The van der Waals surface area contributed by atoms with Gasteiger partial charge in [-0.2, -0.15) is 0 Å². The van der Waals surface area contributed by atoms with E-state index in [2.05, 4.69) is 65.7 Å². The van der Waals surface area contributed by atoms with Gasteiger partial charge >= 0.3 is 0 Å². The molecule has 100 valence electrons. The Hall–Kier alpha value is -2.12. The Morgan fingerprint density at radius 1 is 0.850 bits per heavy atom. The number of halogens is 1. The zero-order chi connectivity index (χ0) is 13.1. The molecule has 0 aliphatic rings. The molecule has 3 rings (SSSR count). The van der Waals surface area contributed by atoms with Crippen molar-refractivity contribution in [1.29, 1.82) is 0 Å². The lowest BCUT2D eigenvalue weighted by Gasteiger charge is -2.01. The smallest absolute Gasteiger partial charge is 0.0630 e. The van der Waals surface area contributed by atoms with Crippen molar-refractivity contribution in [2.45, 2.75) is 6.92 Å². The Kier molecular flexibility index (Phi) is 4.54. The van der Waals surface area contributed by atoms with Gasteiger partial charge in [-0.05, 0) is 41.0 Å². The zero-order valence-electron chi connectivity index (χ0n) is 11.3. The van der Waals surface area contributed by atoms with Crippen LogP contribution in [0.5, 0.6) is 0 Å². The predicted molar refractivity (Wildman–Crippen MR) is 89.1 cm³/mol. The van der Waals surface area contributed by atoms with Gasteiger partial charge in [0.25, 0.3) is 0 Å². The van der Waals surface area contributed by atoms with Gasteiger partial charge in [-0.15, -0.1) is 12.4 Å². The van der Waals surface area contributed by atoms with Crippen LogP contribution in [0.3, 0.4) is 0 Å². The fourth-order valence-corrected chi connectivity index (χ4v) is 2.15. The molecule has 0 aliphatic carbocycles. The summed E-state index contributed by atoms with van der Waals surface area (Å²) in [6.45, 7) is 2.05. The molecule has 0 saturated carbocycles. The number of benzene rings is 2. The second-order valence-electron chi connectivity index (χ2n) is 4.66. The van der Waals surface area contributed by atoms with Crippen molar-refractivity contribution < 1.29 is 0 Å². The topological polar surface area (TPSA) is 12.9 Å². The molecular weight excluding hydrogens is 266 g/mol. The predicted octanol–water partition coefficient (Wildman–Crippen LogP) is 5.14. The summed E-state index contributed by atoms with van der Waals surface area (Å²) >= 11 is 0. The Morgan fingerprint density at radius 3 is 2.45 bits per heavy atom.